The third-order valence-corrected chi connectivity index (χ3v) is 4.34. The predicted octanol–water partition coefficient (Wildman–Crippen LogP) is 5.01. The SMILES string of the molecule is CCN(CC)CCOC(=O)c1ccc(Cl)cc1Nc1ccc(OC)cc1.Cl. The van der Waals surface area contributed by atoms with Gasteiger partial charge < -0.3 is 19.7 Å². The van der Waals surface area contributed by atoms with E-state index in [0.717, 1.165) is 24.5 Å². The molecule has 148 valence electrons. The van der Waals surface area contributed by atoms with E-state index in [2.05, 4.69) is 24.1 Å². The van der Waals surface area contributed by atoms with Crippen LogP contribution in [0.15, 0.2) is 42.5 Å². The molecule has 0 aliphatic heterocycles. The van der Waals surface area contributed by atoms with Crippen LogP contribution in [0.1, 0.15) is 24.2 Å². The number of rotatable bonds is 9. The Morgan fingerprint density at radius 1 is 1.11 bits per heavy atom. The van der Waals surface area contributed by atoms with E-state index >= 15 is 0 Å². The topological polar surface area (TPSA) is 50.8 Å². The highest BCUT2D eigenvalue weighted by Gasteiger charge is 2.14. The Labute approximate surface area is 172 Å². The van der Waals surface area contributed by atoms with Gasteiger partial charge in [-0.3, -0.25) is 0 Å². The molecule has 0 aliphatic rings. The number of nitrogens with one attached hydrogen (secondary N) is 1. The van der Waals surface area contributed by atoms with Gasteiger partial charge in [0.1, 0.15) is 12.4 Å². The van der Waals surface area contributed by atoms with Crippen molar-refractivity contribution < 1.29 is 14.3 Å². The number of esters is 1. The van der Waals surface area contributed by atoms with E-state index < -0.39 is 0 Å². The largest absolute Gasteiger partial charge is 0.497 e. The van der Waals surface area contributed by atoms with Gasteiger partial charge in [-0.05, 0) is 55.6 Å². The molecule has 0 spiro atoms. The number of likely N-dealkylation sites (N-methyl/N-ethyl adjacent to an activating group) is 1. The van der Waals surface area contributed by atoms with Gasteiger partial charge in [-0.25, -0.2) is 4.79 Å². The van der Waals surface area contributed by atoms with E-state index in [1.54, 1.807) is 25.3 Å². The Morgan fingerprint density at radius 2 is 1.78 bits per heavy atom. The Kier molecular flexibility index (Phi) is 10.0. The van der Waals surface area contributed by atoms with Gasteiger partial charge in [0.05, 0.1) is 18.4 Å². The van der Waals surface area contributed by atoms with Crippen LogP contribution >= 0.6 is 24.0 Å². The maximum Gasteiger partial charge on any atom is 0.340 e. The minimum absolute atomic E-state index is 0. The standard InChI is InChI=1S/C20H25ClN2O3.ClH/c1-4-23(5-2)12-13-26-20(24)18-11-6-15(21)14-19(18)22-16-7-9-17(25-3)10-8-16;/h6-11,14,22H,4-5,12-13H2,1-3H3;1H. The Balaban J connectivity index is 0.00000364. The lowest BCUT2D eigenvalue weighted by Gasteiger charge is -2.18. The molecule has 0 saturated carbocycles. The third-order valence-electron chi connectivity index (χ3n) is 4.11. The number of halogens is 2. The first-order valence-corrected chi connectivity index (χ1v) is 9.05. The Hall–Kier alpha value is -1.95. The van der Waals surface area contributed by atoms with Crippen molar-refractivity contribution in [1.29, 1.82) is 0 Å². The molecule has 0 unspecified atom stereocenters. The van der Waals surface area contributed by atoms with Gasteiger partial charge in [-0.1, -0.05) is 25.4 Å². The zero-order chi connectivity index (χ0) is 18.9. The van der Waals surface area contributed by atoms with Crippen LogP contribution in [0.3, 0.4) is 0 Å². The van der Waals surface area contributed by atoms with E-state index in [9.17, 15) is 4.79 Å². The van der Waals surface area contributed by atoms with Gasteiger partial charge in [-0.15, -0.1) is 12.4 Å². The van der Waals surface area contributed by atoms with Crippen molar-refractivity contribution in [3.63, 3.8) is 0 Å². The van der Waals surface area contributed by atoms with Crippen molar-refractivity contribution in [2.24, 2.45) is 0 Å². The molecule has 2 rings (SSSR count). The monoisotopic (exact) mass is 412 g/mol. The van der Waals surface area contributed by atoms with Gasteiger partial charge in [-0.2, -0.15) is 0 Å². The summed E-state index contributed by atoms with van der Waals surface area (Å²) in [6.07, 6.45) is 0. The van der Waals surface area contributed by atoms with Crippen LogP contribution in [-0.2, 0) is 4.74 Å². The first-order valence-electron chi connectivity index (χ1n) is 8.67. The highest BCUT2D eigenvalue weighted by molar-refractivity contribution is 6.31. The maximum atomic E-state index is 12.5. The second-order valence-electron chi connectivity index (χ2n) is 5.71. The van der Waals surface area contributed by atoms with E-state index in [0.29, 0.717) is 29.4 Å². The number of benzene rings is 2. The molecule has 0 amide bonds. The highest BCUT2D eigenvalue weighted by atomic mass is 35.5. The molecule has 0 aromatic heterocycles. The fourth-order valence-corrected chi connectivity index (χ4v) is 2.68. The summed E-state index contributed by atoms with van der Waals surface area (Å²) in [6.45, 7) is 7.10. The van der Waals surface area contributed by atoms with Crippen molar-refractivity contribution >= 4 is 41.4 Å². The van der Waals surface area contributed by atoms with E-state index in [4.69, 9.17) is 21.1 Å². The molecule has 0 fully saturated rings. The molecule has 1 N–H and O–H groups in total. The number of carbonyl (C=O) groups is 1. The molecule has 0 aliphatic carbocycles. The van der Waals surface area contributed by atoms with Gasteiger partial charge in [0.2, 0.25) is 0 Å². The number of ether oxygens (including phenoxy) is 2. The molecule has 5 nitrogen and oxygen atoms in total. The number of hydrogen-bond acceptors (Lipinski definition) is 5. The molecular weight excluding hydrogens is 387 g/mol. The lowest BCUT2D eigenvalue weighted by atomic mass is 10.1. The highest BCUT2D eigenvalue weighted by Crippen LogP contribution is 2.26. The summed E-state index contributed by atoms with van der Waals surface area (Å²) < 4.78 is 10.6. The summed E-state index contributed by atoms with van der Waals surface area (Å²) in [5.41, 5.74) is 1.88. The summed E-state index contributed by atoms with van der Waals surface area (Å²) in [4.78, 5) is 14.7. The van der Waals surface area contributed by atoms with Crippen molar-refractivity contribution in [1.82, 2.24) is 4.90 Å². The van der Waals surface area contributed by atoms with Gasteiger partial charge >= 0.3 is 5.97 Å². The molecule has 0 radical (unpaired) electrons. The number of anilines is 2. The van der Waals surface area contributed by atoms with Crippen LogP contribution in [0.4, 0.5) is 11.4 Å². The average Bonchev–Trinajstić information content (AvgIpc) is 2.66. The summed E-state index contributed by atoms with van der Waals surface area (Å²) in [5, 5.41) is 3.76. The first-order chi connectivity index (χ1) is 12.6. The van der Waals surface area contributed by atoms with E-state index in [1.165, 1.54) is 0 Å². The van der Waals surface area contributed by atoms with Crippen molar-refractivity contribution in [2.75, 3.05) is 38.7 Å². The fraction of sp³-hybridized carbons (Fsp3) is 0.350. The smallest absolute Gasteiger partial charge is 0.340 e. The van der Waals surface area contributed by atoms with Crippen LogP contribution < -0.4 is 10.1 Å². The van der Waals surface area contributed by atoms with Crippen LogP contribution in [-0.4, -0.2) is 44.2 Å². The molecular formula is C20H26Cl2N2O3. The zero-order valence-electron chi connectivity index (χ0n) is 15.8. The predicted molar refractivity (Wildman–Crippen MR) is 113 cm³/mol. The Bertz CT molecular complexity index is 720. The maximum absolute atomic E-state index is 12.5. The number of methoxy groups -OCH3 is 1. The molecule has 2 aromatic rings. The molecule has 2 aromatic carbocycles. The minimum atomic E-state index is -0.371. The van der Waals surface area contributed by atoms with Gasteiger partial charge in [0, 0.05) is 17.3 Å². The van der Waals surface area contributed by atoms with Crippen molar-refractivity contribution in [2.45, 2.75) is 13.8 Å². The fourth-order valence-electron chi connectivity index (χ4n) is 2.51. The molecule has 7 heteroatoms. The van der Waals surface area contributed by atoms with E-state index in [-0.39, 0.29) is 18.4 Å². The molecule has 0 atom stereocenters. The molecule has 0 saturated heterocycles. The number of hydrogen-bond donors (Lipinski definition) is 1. The number of carbonyl (C=O) groups excluding carboxylic acids is 1. The average molecular weight is 413 g/mol. The summed E-state index contributed by atoms with van der Waals surface area (Å²) in [5.74, 6) is 0.391. The second-order valence-corrected chi connectivity index (χ2v) is 6.14. The quantitative estimate of drug-likeness (QED) is 0.586. The van der Waals surface area contributed by atoms with Crippen LogP contribution in [0, 0.1) is 0 Å². The van der Waals surface area contributed by atoms with Crippen molar-refractivity contribution in [3.05, 3.63) is 53.1 Å². The van der Waals surface area contributed by atoms with Gasteiger partial charge in [0.25, 0.3) is 0 Å². The molecule has 27 heavy (non-hydrogen) atoms. The van der Waals surface area contributed by atoms with Gasteiger partial charge in [0.15, 0.2) is 0 Å². The third kappa shape index (κ3) is 6.94. The second kappa shape index (κ2) is 11.7. The van der Waals surface area contributed by atoms with Crippen molar-refractivity contribution in [3.8, 4) is 5.75 Å². The van der Waals surface area contributed by atoms with Crippen LogP contribution in [0.25, 0.3) is 0 Å². The molecule has 0 bridgehead atoms. The number of nitrogens with zero attached hydrogens (tertiary/aromatic N) is 1. The summed E-state index contributed by atoms with van der Waals surface area (Å²) in [6, 6.07) is 12.5. The normalized spacial score (nSPS) is 10.3. The lowest BCUT2D eigenvalue weighted by molar-refractivity contribution is 0.0467. The van der Waals surface area contributed by atoms with Crippen LogP contribution in [0.2, 0.25) is 5.02 Å². The lowest BCUT2D eigenvalue weighted by Crippen LogP contribution is -2.28. The summed E-state index contributed by atoms with van der Waals surface area (Å²) >= 11 is 6.10. The Morgan fingerprint density at radius 3 is 2.37 bits per heavy atom. The minimum Gasteiger partial charge on any atom is -0.497 e. The summed E-state index contributed by atoms with van der Waals surface area (Å²) in [7, 11) is 1.62. The molecule has 0 heterocycles. The zero-order valence-corrected chi connectivity index (χ0v) is 17.4. The van der Waals surface area contributed by atoms with E-state index in [1.807, 2.05) is 24.3 Å². The first kappa shape index (κ1) is 23.1. The van der Waals surface area contributed by atoms with Crippen LogP contribution in [0.5, 0.6) is 5.75 Å².